The second-order valence-corrected chi connectivity index (χ2v) is 7.25. The molecule has 0 fully saturated rings. The molecule has 0 saturated heterocycles. The zero-order valence-corrected chi connectivity index (χ0v) is 16.3. The minimum absolute atomic E-state index is 0.0487. The molecule has 1 aliphatic rings. The van der Waals surface area contributed by atoms with E-state index in [2.05, 4.69) is 27.4 Å². The van der Waals surface area contributed by atoms with Crippen molar-refractivity contribution >= 4 is 11.6 Å². The number of aromatic hydroxyl groups is 1. The van der Waals surface area contributed by atoms with Crippen molar-refractivity contribution in [2.24, 2.45) is 0 Å². The van der Waals surface area contributed by atoms with Crippen molar-refractivity contribution in [3.8, 4) is 22.9 Å². The van der Waals surface area contributed by atoms with E-state index in [1.807, 2.05) is 12.1 Å². The summed E-state index contributed by atoms with van der Waals surface area (Å²) in [6, 6.07) is 12.9. The number of fused-ring (bicyclic) bond motifs is 1. The van der Waals surface area contributed by atoms with Crippen molar-refractivity contribution in [2.45, 2.75) is 31.6 Å². The fourth-order valence-electron chi connectivity index (χ4n) is 3.85. The van der Waals surface area contributed by atoms with Crippen LogP contribution in [0, 0.1) is 0 Å². The van der Waals surface area contributed by atoms with Gasteiger partial charge in [0.15, 0.2) is 5.82 Å². The van der Waals surface area contributed by atoms with Crippen molar-refractivity contribution in [1.82, 2.24) is 9.97 Å². The van der Waals surface area contributed by atoms with Crippen LogP contribution in [-0.4, -0.2) is 28.1 Å². The number of methoxy groups -OCH3 is 1. The second kappa shape index (κ2) is 8.31. The first-order chi connectivity index (χ1) is 14.1. The minimum Gasteiger partial charge on any atom is -0.508 e. The number of phenols is 1. The summed E-state index contributed by atoms with van der Waals surface area (Å²) in [5, 5.41) is 12.5. The van der Waals surface area contributed by atoms with Crippen molar-refractivity contribution in [3.05, 3.63) is 66.0 Å². The molecular formula is C23H23N3O3. The van der Waals surface area contributed by atoms with Gasteiger partial charge >= 0.3 is 0 Å². The number of carbonyl (C=O) groups is 1. The standard InChI is InChI=1S/C23H23N3O3/c1-29-20-8-9-21-15(11-20)4-2-5-16(21)12-22(28)26-18-13-24-23(25-14-18)17-6-3-7-19(27)10-17/h3,6-11,13-14,16,27H,2,4-5,12H2,1H3,(H,26,28). The van der Waals surface area contributed by atoms with Gasteiger partial charge in [0.2, 0.25) is 5.91 Å². The Hall–Kier alpha value is -3.41. The van der Waals surface area contributed by atoms with E-state index in [0.29, 0.717) is 17.9 Å². The van der Waals surface area contributed by atoms with Crippen LogP contribution in [0.1, 0.15) is 36.3 Å². The highest BCUT2D eigenvalue weighted by atomic mass is 16.5. The molecule has 1 unspecified atom stereocenters. The Morgan fingerprint density at radius 2 is 2.03 bits per heavy atom. The molecule has 3 aromatic rings. The Morgan fingerprint density at radius 3 is 2.79 bits per heavy atom. The second-order valence-electron chi connectivity index (χ2n) is 7.25. The SMILES string of the molecule is COc1ccc2c(c1)CCCC2CC(=O)Nc1cnc(-c2cccc(O)c2)nc1. The lowest BCUT2D eigenvalue weighted by Crippen LogP contribution is -2.19. The van der Waals surface area contributed by atoms with Gasteiger partial charge in [-0.25, -0.2) is 9.97 Å². The van der Waals surface area contributed by atoms with Crippen LogP contribution in [0.3, 0.4) is 0 Å². The van der Waals surface area contributed by atoms with Crippen molar-refractivity contribution in [2.75, 3.05) is 12.4 Å². The largest absolute Gasteiger partial charge is 0.508 e. The van der Waals surface area contributed by atoms with Crippen LogP contribution in [0.15, 0.2) is 54.9 Å². The molecule has 0 spiro atoms. The maximum absolute atomic E-state index is 12.6. The Balaban J connectivity index is 1.42. The molecule has 1 aliphatic carbocycles. The molecule has 4 rings (SSSR count). The fourth-order valence-corrected chi connectivity index (χ4v) is 3.85. The maximum atomic E-state index is 12.6. The third kappa shape index (κ3) is 4.37. The Labute approximate surface area is 169 Å². The lowest BCUT2D eigenvalue weighted by atomic mass is 9.81. The van der Waals surface area contributed by atoms with Crippen LogP contribution in [0.5, 0.6) is 11.5 Å². The van der Waals surface area contributed by atoms with Gasteiger partial charge in [-0.1, -0.05) is 18.2 Å². The van der Waals surface area contributed by atoms with Gasteiger partial charge in [0, 0.05) is 12.0 Å². The number of phenolic OH excluding ortho intramolecular Hbond substituents is 1. The highest BCUT2D eigenvalue weighted by Gasteiger charge is 2.23. The number of carbonyl (C=O) groups excluding carboxylic acids is 1. The molecule has 0 saturated carbocycles. The molecule has 29 heavy (non-hydrogen) atoms. The molecule has 6 heteroatoms. The van der Waals surface area contributed by atoms with E-state index in [0.717, 1.165) is 30.6 Å². The zero-order chi connectivity index (χ0) is 20.2. The number of aryl methyl sites for hydroxylation is 1. The molecule has 0 radical (unpaired) electrons. The van der Waals surface area contributed by atoms with E-state index in [1.165, 1.54) is 11.1 Å². The van der Waals surface area contributed by atoms with E-state index in [-0.39, 0.29) is 17.6 Å². The summed E-state index contributed by atoms with van der Waals surface area (Å²) in [5.74, 6) is 1.67. The van der Waals surface area contributed by atoms with Crippen LogP contribution < -0.4 is 10.1 Å². The van der Waals surface area contributed by atoms with E-state index in [9.17, 15) is 9.90 Å². The zero-order valence-electron chi connectivity index (χ0n) is 16.3. The van der Waals surface area contributed by atoms with Gasteiger partial charge in [-0.15, -0.1) is 0 Å². The lowest BCUT2D eigenvalue weighted by Gasteiger charge is -2.25. The molecule has 1 amide bonds. The number of rotatable bonds is 5. The van der Waals surface area contributed by atoms with Gasteiger partial charge in [0.1, 0.15) is 11.5 Å². The molecular weight excluding hydrogens is 366 g/mol. The topological polar surface area (TPSA) is 84.3 Å². The summed E-state index contributed by atoms with van der Waals surface area (Å²) in [4.78, 5) is 21.2. The first-order valence-electron chi connectivity index (χ1n) is 9.70. The summed E-state index contributed by atoms with van der Waals surface area (Å²) in [5.41, 5.74) is 3.79. The molecule has 1 heterocycles. The summed E-state index contributed by atoms with van der Waals surface area (Å²) in [7, 11) is 1.67. The van der Waals surface area contributed by atoms with Crippen molar-refractivity contribution in [3.63, 3.8) is 0 Å². The van der Waals surface area contributed by atoms with Gasteiger partial charge in [0.25, 0.3) is 0 Å². The Bertz CT molecular complexity index is 1020. The van der Waals surface area contributed by atoms with Gasteiger partial charge in [-0.05, 0) is 60.6 Å². The molecule has 148 valence electrons. The molecule has 1 atom stereocenters. The highest BCUT2D eigenvalue weighted by Crippen LogP contribution is 2.36. The molecule has 1 aromatic heterocycles. The first kappa shape index (κ1) is 18.9. The number of benzene rings is 2. The number of hydrogen-bond donors (Lipinski definition) is 2. The predicted octanol–water partition coefficient (Wildman–Crippen LogP) is 4.31. The summed E-state index contributed by atoms with van der Waals surface area (Å²) >= 11 is 0. The molecule has 0 bridgehead atoms. The highest BCUT2D eigenvalue weighted by molar-refractivity contribution is 5.91. The fraction of sp³-hybridized carbons (Fsp3) is 0.261. The number of nitrogens with zero attached hydrogens (tertiary/aromatic N) is 2. The monoisotopic (exact) mass is 389 g/mol. The van der Waals surface area contributed by atoms with Crippen LogP contribution in [-0.2, 0) is 11.2 Å². The average Bonchev–Trinajstić information content (AvgIpc) is 2.74. The van der Waals surface area contributed by atoms with Gasteiger partial charge < -0.3 is 15.2 Å². The summed E-state index contributed by atoms with van der Waals surface area (Å²) in [6.07, 6.45) is 6.69. The van der Waals surface area contributed by atoms with Crippen LogP contribution in [0.2, 0.25) is 0 Å². The van der Waals surface area contributed by atoms with E-state index in [1.54, 1.807) is 37.7 Å². The first-order valence-corrected chi connectivity index (χ1v) is 9.70. The Kier molecular flexibility index (Phi) is 5.42. The summed E-state index contributed by atoms with van der Waals surface area (Å²) in [6.45, 7) is 0. The molecule has 0 aliphatic heterocycles. The third-order valence-corrected chi connectivity index (χ3v) is 5.26. The lowest BCUT2D eigenvalue weighted by molar-refractivity contribution is -0.116. The molecule has 6 nitrogen and oxygen atoms in total. The normalized spacial score (nSPS) is 15.4. The van der Waals surface area contributed by atoms with Gasteiger partial charge in [0.05, 0.1) is 25.2 Å². The van der Waals surface area contributed by atoms with E-state index >= 15 is 0 Å². The summed E-state index contributed by atoms with van der Waals surface area (Å²) < 4.78 is 5.32. The minimum atomic E-state index is -0.0487. The smallest absolute Gasteiger partial charge is 0.225 e. The molecule has 2 aromatic carbocycles. The average molecular weight is 389 g/mol. The maximum Gasteiger partial charge on any atom is 0.225 e. The van der Waals surface area contributed by atoms with Crippen molar-refractivity contribution < 1.29 is 14.6 Å². The number of anilines is 1. The van der Waals surface area contributed by atoms with Crippen molar-refractivity contribution in [1.29, 1.82) is 0 Å². The van der Waals surface area contributed by atoms with E-state index in [4.69, 9.17) is 4.74 Å². The van der Waals surface area contributed by atoms with Crippen LogP contribution >= 0.6 is 0 Å². The number of aromatic nitrogens is 2. The van der Waals surface area contributed by atoms with Crippen LogP contribution in [0.25, 0.3) is 11.4 Å². The Morgan fingerprint density at radius 1 is 1.21 bits per heavy atom. The van der Waals surface area contributed by atoms with E-state index < -0.39 is 0 Å². The number of ether oxygens (including phenoxy) is 1. The molecule has 2 N–H and O–H groups in total. The van der Waals surface area contributed by atoms with Gasteiger partial charge in [-0.2, -0.15) is 0 Å². The third-order valence-electron chi connectivity index (χ3n) is 5.26. The predicted molar refractivity (Wildman–Crippen MR) is 111 cm³/mol. The van der Waals surface area contributed by atoms with Gasteiger partial charge in [-0.3, -0.25) is 4.79 Å². The number of amides is 1. The number of nitrogens with one attached hydrogen (secondary N) is 1. The quantitative estimate of drug-likeness (QED) is 0.679. The number of hydrogen-bond acceptors (Lipinski definition) is 5. The van der Waals surface area contributed by atoms with Crippen LogP contribution in [0.4, 0.5) is 5.69 Å².